The van der Waals surface area contributed by atoms with Crippen molar-refractivity contribution in [1.29, 1.82) is 5.26 Å². The third-order valence-corrected chi connectivity index (χ3v) is 1.69. The molecular formula is C10H12N4O. The van der Waals surface area contributed by atoms with Crippen LogP contribution in [0.5, 0.6) is 0 Å². The van der Waals surface area contributed by atoms with Gasteiger partial charge >= 0.3 is 0 Å². The Bertz CT molecular complexity index is 395. The quantitative estimate of drug-likeness (QED) is 0.570. The Labute approximate surface area is 88.1 Å². The van der Waals surface area contributed by atoms with Gasteiger partial charge < -0.3 is 5.73 Å². The Morgan fingerprint density at radius 3 is 2.93 bits per heavy atom. The molecule has 0 radical (unpaired) electrons. The van der Waals surface area contributed by atoms with Gasteiger partial charge in [-0.1, -0.05) is 12.1 Å². The van der Waals surface area contributed by atoms with Gasteiger partial charge in [-0.05, 0) is 12.1 Å². The second-order valence-electron chi connectivity index (χ2n) is 2.70. The maximum Gasteiger partial charge on any atom is 0.132 e. The molecule has 0 fully saturated rings. The molecule has 0 saturated carbocycles. The number of para-hydroxylation sites is 2. The van der Waals surface area contributed by atoms with Gasteiger partial charge in [-0.25, -0.2) is 4.99 Å². The molecule has 0 spiro atoms. The number of hydrogen-bond donors (Lipinski definition) is 2. The highest BCUT2D eigenvalue weighted by Gasteiger charge is 2.00. The van der Waals surface area contributed by atoms with E-state index in [9.17, 15) is 0 Å². The predicted octanol–water partition coefficient (Wildman–Crippen LogP) is 1.21. The van der Waals surface area contributed by atoms with Crippen molar-refractivity contribution in [3.05, 3.63) is 24.3 Å². The van der Waals surface area contributed by atoms with E-state index in [1.807, 2.05) is 18.2 Å². The third kappa shape index (κ3) is 3.06. The Hall–Kier alpha value is -1.90. The molecule has 1 aromatic carbocycles. The van der Waals surface area contributed by atoms with Gasteiger partial charge in [-0.15, -0.1) is 0 Å². The van der Waals surface area contributed by atoms with Gasteiger partial charge in [0.25, 0.3) is 0 Å². The average molecular weight is 204 g/mol. The summed E-state index contributed by atoms with van der Waals surface area (Å²) in [4.78, 5) is 8.89. The minimum absolute atomic E-state index is 0.123. The predicted molar refractivity (Wildman–Crippen MR) is 58.8 cm³/mol. The van der Waals surface area contributed by atoms with E-state index in [-0.39, 0.29) is 12.3 Å². The van der Waals surface area contributed by atoms with Crippen molar-refractivity contribution in [2.75, 3.05) is 19.1 Å². The average Bonchev–Trinajstić information content (AvgIpc) is 2.28. The first kappa shape index (κ1) is 11.2. The normalized spacial score (nSPS) is 10.9. The van der Waals surface area contributed by atoms with Crippen LogP contribution in [0.25, 0.3) is 0 Å². The van der Waals surface area contributed by atoms with E-state index in [1.54, 1.807) is 12.1 Å². The molecular weight excluding hydrogens is 192 g/mol. The molecule has 1 aromatic rings. The second kappa shape index (κ2) is 5.75. The van der Waals surface area contributed by atoms with Crippen molar-refractivity contribution >= 4 is 17.1 Å². The number of rotatable bonds is 4. The fourth-order valence-corrected chi connectivity index (χ4v) is 1.03. The molecule has 1 rings (SSSR count). The fraction of sp³-hybridized carbons (Fsp3) is 0.200. The summed E-state index contributed by atoms with van der Waals surface area (Å²) in [5.41, 5.74) is 9.62. The lowest BCUT2D eigenvalue weighted by atomic mass is 10.2. The van der Waals surface area contributed by atoms with E-state index in [0.29, 0.717) is 11.4 Å². The van der Waals surface area contributed by atoms with Crippen molar-refractivity contribution in [1.82, 2.24) is 0 Å². The highest BCUT2D eigenvalue weighted by atomic mass is 16.6. The van der Waals surface area contributed by atoms with Crippen LogP contribution in [0.1, 0.15) is 0 Å². The molecule has 0 amide bonds. The lowest BCUT2D eigenvalue weighted by molar-refractivity contribution is 0.271. The molecule has 0 bridgehead atoms. The molecule has 0 atom stereocenters. The van der Waals surface area contributed by atoms with Crippen molar-refractivity contribution < 1.29 is 4.84 Å². The molecule has 0 aromatic heterocycles. The summed E-state index contributed by atoms with van der Waals surface area (Å²) in [5.74, 6) is 0. The fourth-order valence-electron chi connectivity index (χ4n) is 1.03. The van der Waals surface area contributed by atoms with E-state index in [4.69, 9.17) is 15.8 Å². The Morgan fingerprint density at radius 1 is 1.60 bits per heavy atom. The summed E-state index contributed by atoms with van der Waals surface area (Å²) >= 11 is 0. The van der Waals surface area contributed by atoms with Crippen LogP contribution in [0, 0.1) is 11.3 Å². The van der Waals surface area contributed by atoms with Crippen LogP contribution in [-0.2, 0) is 4.84 Å². The standard InChI is InChI=1S/C10H12N4O/c1-15-14-10-5-3-2-4-9(10)13-8(6-11)7-12/h2-5,14H,6,11H2,1H3. The Balaban J connectivity index is 3.03. The first-order valence-electron chi connectivity index (χ1n) is 4.37. The van der Waals surface area contributed by atoms with Crippen molar-refractivity contribution in [2.24, 2.45) is 10.7 Å². The lowest BCUT2D eigenvalue weighted by Gasteiger charge is -2.06. The molecule has 3 N–H and O–H groups in total. The number of hydrogen-bond acceptors (Lipinski definition) is 5. The van der Waals surface area contributed by atoms with Crippen LogP contribution in [0.4, 0.5) is 11.4 Å². The zero-order valence-corrected chi connectivity index (χ0v) is 8.40. The van der Waals surface area contributed by atoms with Crippen LogP contribution in [0.3, 0.4) is 0 Å². The number of benzene rings is 1. The van der Waals surface area contributed by atoms with Gasteiger partial charge in [0.15, 0.2) is 0 Å². The number of aliphatic imine (C=N–C) groups is 1. The molecule has 15 heavy (non-hydrogen) atoms. The number of nitrogens with one attached hydrogen (secondary N) is 1. The molecule has 0 aliphatic heterocycles. The summed E-state index contributed by atoms with van der Waals surface area (Å²) in [6.45, 7) is 0.123. The van der Waals surface area contributed by atoms with E-state index < -0.39 is 0 Å². The van der Waals surface area contributed by atoms with E-state index in [0.717, 1.165) is 0 Å². The van der Waals surface area contributed by atoms with Crippen LogP contribution in [-0.4, -0.2) is 19.4 Å². The summed E-state index contributed by atoms with van der Waals surface area (Å²) in [6, 6.07) is 9.16. The minimum atomic E-state index is 0.123. The molecule has 78 valence electrons. The number of nitriles is 1. The van der Waals surface area contributed by atoms with Gasteiger partial charge in [0.05, 0.1) is 18.5 Å². The van der Waals surface area contributed by atoms with Crippen molar-refractivity contribution in [2.45, 2.75) is 0 Å². The number of nitrogens with zero attached hydrogens (tertiary/aromatic N) is 2. The Kier molecular flexibility index (Phi) is 4.29. The molecule has 0 saturated heterocycles. The molecule has 0 heterocycles. The molecule has 5 heteroatoms. The third-order valence-electron chi connectivity index (χ3n) is 1.69. The molecule has 0 aliphatic carbocycles. The highest BCUT2D eigenvalue weighted by Crippen LogP contribution is 2.24. The largest absolute Gasteiger partial charge is 0.325 e. The van der Waals surface area contributed by atoms with E-state index in [2.05, 4.69) is 10.5 Å². The summed E-state index contributed by atoms with van der Waals surface area (Å²) in [7, 11) is 1.51. The van der Waals surface area contributed by atoms with E-state index >= 15 is 0 Å². The van der Waals surface area contributed by atoms with Gasteiger partial charge in [0.1, 0.15) is 11.8 Å². The monoisotopic (exact) mass is 204 g/mol. The van der Waals surface area contributed by atoms with Gasteiger partial charge in [-0.2, -0.15) is 5.26 Å². The van der Waals surface area contributed by atoms with Crippen LogP contribution < -0.4 is 11.2 Å². The maximum absolute atomic E-state index is 8.70. The van der Waals surface area contributed by atoms with E-state index in [1.165, 1.54) is 7.11 Å². The second-order valence-corrected chi connectivity index (χ2v) is 2.70. The zero-order valence-electron chi connectivity index (χ0n) is 8.40. The Morgan fingerprint density at radius 2 is 2.33 bits per heavy atom. The highest BCUT2D eigenvalue weighted by molar-refractivity contribution is 6.02. The van der Waals surface area contributed by atoms with Gasteiger partial charge in [0.2, 0.25) is 0 Å². The SMILES string of the molecule is CONc1ccccc1N=C(C#N)CN. The molecule has 0 aliphatic rings. The number of nitrogens with two attached hydrogens (primary N) is 1. The summed E-state index contributed by atoms with van der Waals surface area (Å²) < 4.78 is 0. The van der Waals surface area contributed by atoms with Gasteiger partial charge in [0, 0.05) is 6.54 Å². The van der Waals surface area contributed by atoms with Crippen LogP contribution >= 0.6 is 0 Å². The smallest absolute Gasteiger partial charge is 0.132 e. The molecule has 5 nitrogen and oxygen atoms in total. The summed E-state index contributed by atoms with van der Waals surface area (Å²) in [6.07, 6.45) is 0. The first-order valence-corrected chi connectivity index (χ1v) is 4.37. The van der Waals surface area contributed by atoms with Gasteiger partial charge in [-0.3, -0.25) is 10.3 Å². The first-order chi connectivity index (χ1) is 7.31. The minimum Gasteiger partial charge on any atom is -0.325 e. The zero-order chi connectivity index (χ0) is 11.1. The van der Waals surface area contributed by atoms with Crippen molar-refractivity contribution in [3.63, 3.8) is 0 Å². The summed E-state index contributed by atoms with van der Waals surface area (Å²) in [5, 5.41) is 8.70. The van der Waals surface area contributed by atoms with Crippen molar-refractivity contribution in [3.8, 4) is 6.07 Å². The van der Waals surface area contributed by atoms with Crippen LogP contribution in [0.15, 0.2) is 29.3 Å². The topological polar surface area (TPSA) is 83.4 Å². The van der Waals surface area contributed by atoms with Crippen LogP contribution in [0.2, 0.25) is 0 Å². The number of anilines is 1. The maximum atomic E-state index is 8.70. The lowest BCUT2D eigenvalue weighted by Crippen LogP contribution is -2.11. The molecule has 0 unspecified atom stereocenters.